The molecule has 1 aromatic heterocycles. The monoisotopic (exact) mass is 426 g/mol. The molecule has 4 nitrogen and oxygen atoms in total. The molecule has 0 bridgehead atoms. The molecule has 0 radical (unpaired) electrons. The van der Waals surface area contributed by atoms with Crippen molar-refractivity contribution in [3.8, 4) is 11.1 Å². The van der Waals surface area contributed by atoms with E-state index in [0.29, 0.717) is 6.54 Å². The minimum Gasteiger partial charge on any atom is -0.477 e. The molecule has 31 heavy (non-hydrogen) atoms. The molecular weight excluding hydrogens is 398 g/mol. The highest BCUT2D eigenvalue weighted by Crippen LogP contribution is 2.25. The van der Waals surface area contributed by atoms with E-state index in [1.807, 2.05) is 35.0 Å². The number of halogens is 2. The Labute approximate surface area is 181 Å². The summed E-state index contributed by atoms with van der Waals surface area (Å²) in [6, 6.07) is 12.5. The van der Waals surface area contributed by atoms with E-state index in [1.165, 1.54) is 25.3 Å². The summed E-state index contributed by atoms with van der Waals surface area (Å²) in [5.41, 5.74) is 3.05. The van der Waals surface area contributed by atoms with E-state index < -0.39 is 17.6 Å². The number of anilines is 1. The number of benzene rings is 2. The summed E-state index contributed by atoms with van der Waals surface area (Å²) < 4.78 is 28.9. The predicted molar refractivity (Wildman–Crippen MR) is 119 cm³/mol. The molecule has 0 saturated carbocycles. The van der Waals surface area contributed by atoms with Crippen LogP contribution in [0.1, 0.15) is 55.1 Å². The van der Waals surface area contributed by atoms with Crippen LogP contribution in [0.15, 0.2) is 54.7 Å². The second-order valence-electron chi connectivity index (χ2n) is 7.69. The van der Waals surface area contributed by atoms with E-state index in [1.54, 1.807) is 6.07 Å². The molecule has 0 unspecified atom stereocenters. The first-order chi connectivity index (χ1) is 15.0. The molecule has 2 N–H and O–H groups in total. The molecular formula is C25H28F2N2O2. The van der Waals surface area contributed by atoms with E-state index in [-0.39, 0.29) is 17.8 Å². The number of rotatable bonds is 11. The Bertz CT molecular complexity index is 1010. The first-order valence-corrected chi connectivity index (χ1v) is 10.7. The number of carboxylic acid groups (broad SMARTS) is 1. The minimum absolute atomic E-state index is 0.167. The molecule has 164 valence electrons. The number of carbonyl (C=O) groups is 1. The third-order valence-corrected chi connectivity index (χ3v) is 5.33. The molecule has 3 rings (SSSR count). The molecule has 2 aromatic carbocycles. The van der Waals surface area contributed by atoms with E-state index in [4.69, 9.17) is 0 Å². The maximum Gasteiger partial charge on any atom is 0.352 e. The van der Waals surface area contributed by atoms with Gasteiger partial charge >= 0.3 is 5.97 Å². The molecule has 0 aliphatic heterocycles. The third-order valence-electron chi connectivity index (χ3n) is 5.33. The Morgan fingerprint density at radius 2 is 1.71 bits per heavy atom. The topological polar surface area (TPSA) is 54.3 Å². The van der Waals surface area contributed by atoms with Crippen molar-refractivity contribution in [2.45, 2.75) is 52.1 Å². The normalized spacial score (nSPS) is 10.9. The summed E-state index contributed by atoms with van der Waals surface area (Å²) in [7, 11) is 0. The summed E-state index contributed by atoms with van der Waals surface area (Å²) in [6.07, 6.45) is 7.47. The lowest BCUT2D eigenvalue weighted by Gasteiger charge is -2.08. The first-order valence-electron chi connectivity index (χ1n) is 10.7. The number of aromatic nitrogens is 1. The number of nitrogens with one attached hydrogen (secondary N) is 1. The van der Waals surface area contributed by atoms with Crippen molar-refractivity contribution in [3.63, 3.8) is 0 Å². The zero-order valence-electron chi connectivity index (χ0n) is 17.7. The number of unbranched alkanes of at least 4 members (excludes halogenated alkanes) is 4. The maximum atomic E-state index is 13.8. The maximum absolute atomic E-state index is 13.8. The average molecular weight is 427 g/mol. The summed E-state index contributed by atoms with van der Waals surface area (Å²) in [4.78, 5) is 11.6. The molecule has 0 fully saturated rings. The Morgan fingerprint density at radius 3 is 2.42 bits per heavy atom. The van der Waals surface area contributed by atoms with Gasteiger partial charge in [0.25, 0.3) is 0 Å². The quantitative estimate of drug-likeness (QED) is 0.335. The third kappa shape index (κ3) is 6.17. The Morgan fingerprint density at radius 1 is 0.968 bits per heavy atom. The van der Waals surface area contributed by atoms with Crippen LogP contribution in [0.25, 0.3) is 11.1 Å². The Kier molecular flexibility index (Phi) is 7.82. The van der Waals surface area contributed by atoms with Crippen LogP contribution >= 0.6 is 0 Å². The van der Waals surface area contributed by atoms with Gasteiger partial charge in [0, 0.05) is 36.1 Å². The van der Waals surface area contributed by atoms with Gasteiger partial charge < -0.3 is 15.0 Å². The van der Waals surface area contributed by atoms with Gasteiger partial charge in [-0.1, -0.05) is 44.7 Å². The fraction of sp³-hybridized carbons (Fsp3) is 0.320. The number of aromatic carboxylic acids is 1. The van der Waals surface area contributed by atoms with Crippen molar-refractivity contribution in [2.24, 2.45) is 0 Å². The van der Waals surface area contributed by atoms with Gasteiger partial charge in [-0.25, -0.2) is 13.6 Å². The fourth-order valence-electron chi connectivity index (χ4n) is 3.57. The standard InChI is InChI=1S/C25H28F2N2O2/c1-2-3-4-5-6-13-29-17-20(15-24(29)25(30)31)18-7-10-22(11-8-18)28-16-19-14-21(26)9-12-23(19)27/h7-12,14-15,17,28H,2-6,13,16H2,1H3,(H,30,31). The van der Waals surface area contributed by atoms with Crippen LogP contribution in [-0.4, -0.2) is 15.6 Å². The minimum atomic E-state index is -0.935. The number of hydrogen-bond acceptors (Lipinski definition) is 2. The lowest BCUT2D eigenvalue weighted by molar-refractivity contribution is 0.0685. The van der Waals surface area contributed by atoms with Gasteiger partial charge in [0.15, 0.2) is 0 Å². The molecule has 0 spiro atoms. The van der Waals surface area contributed by atoms with Gasteiger partial charge in [0.1, 0.15) is 17.3 Å². The highest BCUT2D eigenvalue weighted by atomic mass is 19.1. The molecule has 0 atom stereocenters. The van der Waals surface area contributed by atoms with Gasteiger partial charge in [-0.2, -0.15) is 0 Å². The van der Waals surface area contributed by atoms with Crippen LogP contribution in [-0.2, 0) is 13.1 Å². The molecule has 1 heterocycles. The van der Waals surface area contributed by atoms with Gasteiger partial charge in [-0.3, -0.25) is 0 Å². The molecule has 0 aliphatic rings. The average Bonchev–Trinajstić information content (AvgIpc) is 3.19. The Balaban J connectivity index is 1.66. The Hall–Kier alpha value is -3.15. The SMILES string of the molecule is CCCCCCCn1cc(-c2ccc(NCc3cc(F)ccc3F)cc2)cc1C(=O)O. The van der Waals surface area contributed by atoms with E-state index in [9.17, 15) is 18.7 Å². The smallest absolute Gasteiger partial charge is 0.352 e. The van der Waals surface area contributed by atoms with E-state index in [2.05, 4.69) is 12.2 Å². The predicted octanol–water partition coefficient (Wildman–Crippen LogP) is 6.71. The number of nitrogens with zero attached hydrogens (tertiary/aromatic N) is 1. The van der Waals surface area contributed by atoms with E-state index >= 15 is 0 Å². The summed E-state index contributed by atoms with van der Waals surface area (Å²) in [5.74, 6) is -1.87. The van der Waals surface area contributed by atoms with Crippen molar-refractivity contribution < 1.29 is 18.7 Å². The lowest BCUT2D eigenvalue weighted by Crippen LogP contribution is -2.07. The van der Waals surface area contributed by atoms with Crippen molar-refractivity contribution in [1.29, 1.82) is 0 Å². The molecule has 0 amide bonds. The molecule has 3 aromatic rings. The summed E-state index contributed by atoms with van der Waals surface area (Å²) >= 11 is 0. The largest absolute Gasteiger partial charge is 0.477 e. The number of hydrogen-bond donors (Lipinski definition) is 2. The molecule has 6 heteroatoms. The van der Waals surface area contributed by atoms with Gasteiger partial charge in [0.05, 0.1) is 0 Å². The highest BCUT2D eigenvalue weighted by Gasteiger charge is 2.13. The van der Waals surface area contributed by atoms with Crippen LogP contribution in [0.2, 0.25) is 0 Å². The van der Waals surface area contributed by atoms with Gasteiger partial charge in [0.2, 0.25) is 0 Å². The van der Waals surface area contributed by atoms with Gasteiger partial charge in [-0.15, -0.1) is 0 Å². The van der Waals surface area contributed by atoms with Gasteiger partial charge in [-0.05, 0) is 48.4 Å². The van der Waals surface area contributed by atoms with Crippen molar-refractivity contribution in [1.82, 2.24) is 4.57 Å². The van der Waals surface area contributed by atoms with Crippen LogP contribution < -0.4 is 5.32 Å². The van der Waals surface area contributed by atoms with Crippen LogP contribution in [0.4, 0.5) is 14.5 Å². The van der Waals surface area contributed by atoms with Crippen LogP contribution in [0, 0.1) is 11.6 Å². The highest BCUT2D eigenvalue weighted by molar-refractivity contribution is 5.88. The summed E-state index contributed by atoms with van der Waals surface area (Å²) in [5, 5.41) is 12.6. The second kappa shape index (κ2) is 10.8. The number of carboxylic acids is 1. The second-order valence-corrected chi connectivity index (χ2v) is 7.69. The summed E-state index contributed by atoms with van der Waals surface area (Å²) in [6.45, 7) is 3.02. The van der Waals surface area contributed by atoms with Crippen molar-refractivity contribution in [2.75, 3.05) is 5.32 Å². The molecule has 0 aliphatic carbocycles. The zero-order valence-corrected chi connectivity index (χ0v) is 17.7. The first kappa shape index (κ1) is 22.5. The zero-order chi connectivity index (χ0) is 22.2. The van der Waals surface area contributed by atoms with Crippen molar-refractivity contribution in [3.05, 3.63) is 77.6 Å². The lowest BCUT2D eigenvalue weighted by atomic mass is 10.1. The van der Waals surface area contributed by atoms with Crippen LogP contribution in [0.3, 0.4) is 0 Å². The number of aryl methyl sites for hydroxylation is 1. The fourth-order valence-corrected chi connectivity index (χ4v) is 3.57. The van der Waals surface area contributed by atoms with Crippen LogP contribution in [0.5, 0.6) is 0 Å². The van der Waals surface area contributed by atoms with Crippen molar-refractivity contribution >= 4 is 11.7 Å². The molecule has 0 saturated heterocycles. The van der Waals surface area contributed by atoms with E-state index in [0.717, 1.165) is 41.8 Å².